The van der Waals surface area contributed by atoms with Gasteiger partial charge in [0.2, 0.25) is 0 Å². The fraction of sp³-hybridized carbons (Fsp3) is 0.692. The lowest BCUT2D eigenvalue weighted by Crippen LogP contribution is -2.68. The van der Waals surface area contributed by atoms with Crippen molar-refractivity contribution in [1.82, 2.24) is 10.6 Å². The van der Waals surface area contributed by atoms with Crippen molar-refractivity contribution in [1.29, 1.82) is 0 Å². The smallest absolute Gasteiger partial charge is 0.138 e. The summed E-state index contributed by atoms with van der Waals surface area (Å²) in [6, 6.07) is -0.440. The standard InChI is InChI=1S/C13H25ClFN5/c1-12(2)6-8(10(15)13(3,4)20-12)19-11(18)7(16)5-9(14)17/h5,8,10,19-20H,6,16-18H2,1-4H3/b9-5-,11-7-. The predicted octanol–water partition coefficient (Wildman–Crippen LogP) is 0.959. The van der Waals surface area contributed by atoms with Crippen molar-refractivity contribution >= 4 is 11.6 Å². The molecule has 1 aliphatic heterocycles. The van der Waals surface area contributed by atoms with Gasteiger partial charge in [0.15, 0.2) is 0 Å². The molecular formula is C13H25ClFN5. The van der Waals surface area contributed by atoms with Gasteiger partial charge < -0.3 is 27.8 Å². The Balaban J connectivity index is 2.93. The van der Waals surface area contributed by atoms with Crippen LogP contribution in [-0.4, -0.2) is 23.3 Å². The molecule has 1 heterocycles. The lowest BCUT2D eigenvalue weighted by molar-refractivity contribution is 0.0478. The van der Waals surface area contributed by atoms with Gasteiger partial charge in [-0.25, -0.2) is 4.39 Å². The van der Waals surface area contributed by atoms with Crippen LogP contribution in [0.2, 0.25) is 0 Å². The zero-order valence-corrected chi connectivity index (χ0v) is 13.2. The minimum atomic E-state index is -1.11. The summed E-state index contributed by atoms with van der Waals surface area (Å²) >= 11 is 5.54. The van der Waals surface area contributed by atoms with Crippen molar-refractivity contribution < 1.29 is 4.39 Å². The van der Waals surface area contributed by atoms with E-state index in [1.54, 1.807) is 0 Å². The molecule has 0 amide bonds. The van der Waals surface area contributed by atoms with Crippen molar-refractivity contribution in [2.45, 2.75) is 57.4 Å². The predicted molar refractivity (Wildman–Crippen MR) is 81.3 cm³/mol. The highest BCUT2D eigenvalue weighted by Crippen LogP contribution is 2.31. The molecule has 116 valence electrons. The quantitative estimate of drug-likeness (QED) is 0.395. The van der Waals surface area contributed by atoms with Crippen LogP contribution in [0.1, 0.15) is 34.1 Å². The Kier molecular flexibility index (Phi) is 4.82. The Morgan fingerprint density at radius 1 is 1.30 bits per heavy atom. The van der Waals surface area contributed by atoms with Crippen molar-refractivity contribution in [2.24, 2.45) is 17.2 Å². The molecule has 0 bridgehead atoms. The van der Waals surface area contributed by atoms with Gasteiger partial charge in [-0.1, -0.05) is 11.6 Å². The summed E-state index contributed by atoms with van der Waals surface area (Å²) in [6.07, 6.45) is 0.791. The van der Waals surface area contributed by atoms with E-state index in [1.807, 2.05) is 27.7 Å². The molecule has 7 heteroatoms. The number of piperidine rings is 1. The third-order valence-electron chi connectivity index (χ3n) is 3.38. The molecule has 0 saturated carbocycles. The normalized spacial score (nSPS) is 30.6. The Morgan fingerprint density at radius 2 is 1.85 bits per heavy atom. The van der Waals surface area contributed by atoms with E-state index in [-0.39, 0.29) is 22.2 Å². The largest absolute Gasteiger partial charge is 0.396 e. The van der Waals surface area contributed by atoms with E-state index < -0.39 is 17.8 Å². The fourth-order valence-corrected chi connectivity index (χ4v) is 2.90. The molecule has 1 rings (SSSR count). The average molecular weight is 306 g/mol. The molecule has 0 aromatic carbocycles. The van der Waals surface area contributed by atoms with Gasteiger partial charge in [-0.2, -0.15) is 0 Å². The third-order valence-corrected chi connectivity index (χ3v) is 3.49. The van der Waals surface area contributed by atoms with Gasteiger partial charge in [-0.05, 0) is 40.2 Å². The summed E-state index contributed by atoms with van der Waals surface area (Å²) in [6.45, 7) is 7.70. The van der Waals surface area contributed by atoms with Gasteiger partial charge in [0.05, 0.1) is 11.7 Å². The van der Waals surface area contributed by atoms with Crippen LogP contribution >= 0.6 is 11.6 Å². The zero-order valence-electron chi connectivity index (χ0n) is 12.4. The monoisotopic (exact) mass is 305 g/mol. The van der Waals surface area contributed by atoms with E-state index in [9.17, 15) is 4.39 Å². The van der Waals surface area contributed by atoms with Crippen molar-refractivity contribution in [2.75, 3.05) is 0 Å². The van der Waals surface area contributed by atoms with Crippen LogP contribution in [0.4, 0.5) is 4.39 Å². The molecule has 0 radical (unpaired) electrons. The maximum atomic E-state index is 14.5. The second-order valence-electron chi connectivity index (χ2n) is 6.49. The summed E-state index contributed by atoms with van der Waals surface area (Å²) in [5.41, 5.74) is 16.2. The molecule has 2 unspecified atom stereocenters. The topological polar surface area (TPSA) is 102 Å². The second-order valence-corrected chi connectivity index (χ2v) is 6.92. The Morgan fingerprint density at radius 3 is 2.35 bits per heavy atom. The van der Waals surface area contributed by atoms with Gasteiger partial charge in [-0.3, -0.25) is 0 Å². The number of allylic oxidation sites excluding steroid dienone is 1. The van der Waals surface area contributed by atoms with Crippen LogP contribution in [0.5, 0.6) is 0 Å². The number of hydrogen-bond donors (Lipinski definition) is 5. The van der Waals surface area contributed by atoms with E-state index >= 15 is 0 Å². The minimum Gasteiger partial charge on any atom is -0.396 e. The lowest BCUT2D eigenvalue weighted by Gasteiger charge is -2.49. The lowest BCUT2D eigenvalue weighted by atomic mass is 9.78. The van der Waals surface area contributed by atoms with Crippen LogP contribution in [-0.2, 0) is 0 Å². The average Bonchev–Trinajstić information content (AvgIpc) is 2.22. The molecule has 0 spiro atoms. The molecule has 5 nitrogen and oxygen atoms in total. The van der Waals surface area contributed by atoms with Gasteiger partial charge >= 0.3 is 0 Å². The van der Waals surface area contributed by atoms with Gasteiger partial charge in [0, 0.05) is 11.1 Å². The van der Waals surface area contributed by atoms with E-state index in [4.69, 9.17) is 28.8 Å². The highest BCUT2D eigenvalue weighted by atomic mass is 35.5. The zero-order chi connectivity index (χ0) is 15.7. The molecule has 1 aliphatic rings. The third kappa shape index (κ3) is 4.18. The van der Waals surface area contributed by atoms with E-state index in [0.717, 1.165) is 0 Å². The summed E-state index contributed by atoms with van der Waals surface area (Å²) in [5.74, 6) is 0.176. The van der Waals surface area contributed by atoms with Gasteiger partial charge in [0.25, 0.3) is 0 Å². The minimum absolute atomic E-state index is 0.0232. The SMILES string of the molecule is CC1(C)CC(N/C(N)=C(N)/C=C(\N)Cl)C(F)C(C)(C)N1. The summed E-state index contributed by atoms with van der Waals surface area (Å²) in [5, 5.41) is 6.26. The van der Waals surface area contributed by atoms with Gasteiger partial charge in [-0.15, -0.1) is 0 Å². The summed E-state index contributed by atoms with van der Waals surface area (Å²) in [4.78, 5) is 0. The first-order chi connectivity index (χ1) is 8.94. The Hall–Kier alpha value is -1.14. The second kappa shape index (κ2) is 5.69. The molecule has 0 aromatic heterocycles. The first-order valence-electron chi connectivity index (χ1n) is 6.52. The Labute approximate surface area is 124 Å². The van der Waals surface area contributed by atoms with E-state index in [1.165, 1.54) is 6.08 Å². The molecule has 1 saturated heterocycles. The van der Waals surface area contributed by atoms with Crippen LogP contribution < -0.4 is 27.8 Å². The molecular weight excluding hydrogens is 281 g/mol. The van der Waals surface area contributed by atoms with Gasteiger partial charge in [0.1, 0.15) is 17.1 Å². The number of hydrogen-bond acceptors (Lipinski definition) is 5. The molecule has 0 aromatic rings. The van der Waals surface area contributed by atoms with E-state index in [0.29, 0.717) is 6.42 Å². The number of halogens is 2. The van der Waals surface area contributed by atoms with Crippen LogP contribution in [0.15, 0.2) is 22.8 Å². The van der Waals surface area contributed by atoms with Crippen molar-refractivity contribution in [3.05, 3.63) is 22.8 Å². The highest BCUT2D eigenvalue weighted by molar-refractivity contribution is 6.29. The molecule has 20 heavy (non-hydrogen) atoms. The summed E-state index contributed by atoms with van der Waals surface area (Å²) < 4.78 is 14.5. The van der Waals surface area contributed by atoms with Crippen molar-refractivity contribution in [3.8, 4) is 0 Å². The molecule has 1 fully saturated rings. The van der Waals surface area contributed by atoms with Crippen molar-refractivity contribution in [3.63, 3.8) is 0 Å². The Bertz CT molecular complexity index is 426. The molecule has 8 N–H and O–H groups in total. The maximum Gasteiger partial charge on any atom is 0.138 e. The number of rotatable bonds is 3. The number of nitrogens with two attached hydrogens (primary N) is 3. The van der Waals surface area contributed by atoms with Crippen LogP contribution in [0, 0.1) is 0 Å². The molecule has 0 aliphatic carbocycles. The fourth-order valence-electron chi connectivity index (χ4n) is 2.78. The van der Waals surface area contributed by atoms with Crippen LogP contribution in [0.3, 0.4) is 0 Å². The molecule has 2 atom stereocenters. The first-order valence-corrected chi connectivity index (χ1v) is 6.90. The first kappa shape index (κ1) is 16.9. The van der Waals surface area contributed by atoms with E-state index in [2.05, 4.69) is 10.6 Å². The number of alkyl halides is 1. The summed E-state index contributed by atoms with van der Waals surface area (Å²) in [7, 11) is 0. The van der Waals surface area contributed by atoms with Crippen LogP contribution in [0.25, 0.3) is 0 Å². The highest BCUT2D eigenvalue weighted by Gasteiger charge is 2.46. The maximum absolute atomic E-state index is 14.5. The number of nitrogens with one attached hydrogen (secondary N) is 2.